The summed E-state index contributed by atoms with van der Waals surface area (Å²) in [6.07, 6.45) is 5.18. The lowest BCUT2D eigenvalue weighted by Crippen LogP contribution is -2.29. The molecule has 140 valence electrons. The van der Waals surface area contributed by atoms with Gasteiger partial charge in [-0.3, -0.25) is 9.89 Å². The van der Waals surface area contributed by atoms with E-state index in [0.29, 0.717) is 25.2 Å². The lowest BCUT2D eigenvalue weighted by Gasteiger charge is -2.16. The highest BCUT2D eigenvalue weighted by molar-refractivity contribution is 7.89. The van der Waals surface area contributed by atoms with Gasteiger partial charge in [-0.25, -0.2) is 8.42 Å². The Morgan fingerprint density at radius 1 is 1.31 bits per heavy atom. The van der Waals surface area contributed by atoms with Crippen LogP contribution in [0.15, 0.2) is 35.4 Å². The topological polar surface area (TPSA) is 95.2 Å². The maximum absolute atomic E-state index is 12.6. The van der Waals surface area contributed by atoms with Crippen molar-refractivity contribution >= 4 is 15.9 Å². The third-order valence-corrected chi connectivity index (χ3v) is 6.54. The van der Waals surface area contributed by atoms with Crippen LogP contribution in [0, 0.1) is 6.92 Å². The van der Waals surface area contributed by atoms with Crippen LogP contribution in [0.1, 0.15) is 40.9 Å². The molecule has 1 aromatic heterocycles. The van der Waals surface area contributed by atoms with Gasteiger partial charge >= 0.3 is 0 Å². The minimum Gasteiger partial charge on any atom is -0.352 e. The number of H-pyrrole nitrogens is 1. The van der Waals surface area contributed by atoms with Crippen LogP contribution in [0.25, 0.3) is 0 Å². The first-order chi connectivity index (χ1) is 12.5. The molecule has 0 atom stereocenters. The fourth-order valence-electron chi connectivity index (χ4n) is 3.09. The Kier molecular flexibility index (Phi) is 5.73. The minimum atomic E-state index is -3.51. The lowest BCUT2D eigenvalue weighted by atomic mass is 10.1. The number of sulfonamides is 1. The Morgan fingerprint density at radius 2 is 2.08 bits per heavy atom. The maximum atomic E-state index is 12.6. The minimum absolute atomic E-state index is 0.182. The van der Waals surface area contributed by atoms with Crippen LogP contribution < -0.4 is 5.32 Å². The molecule has 1 aliphatic rings. The van der Waals surface area contributed by atoms with E-state index in [2.05, 4.69) is 15.5 Å². The SMILES string of the molecule is Cc1[nH]ncc1CCCNC(=O)c1cccc(S(=O)(=O)N2CCCC2)c1. The first-order valence-corrected chi connectivity index (χ1v) is 10.3. The first-order valence-electron chi connectivity index (χ1n) is 8.86. The molecule has 0 bridgehead atoms. The monoisotopic (exact) mass is 376 g/mol. The highest BCUT2D eigenvalue weighted by Crippen LogP contribution is 2.21. The predicted molar refractivity (Wildman–Crippen MR) is 98.4 cm³/mol. The molecule has 1 saturated heterocycles. The van der Waals surface area contributed by atoms with Crippen molar-refractivity contribution in [2.45, 2.75) is 37.5 Å². The second-order valence-corrected chi connectivity index (χ2v) is 8.46. The van der Waals surface area contributed by atoms with E-state index in [0.717, 1.165) is 36.9 Å². The van der Waals surface area contributed by atoms with E-state index in [1.165, 1.54) is 10.4 Å². The molecule has 0 radical (unpaired) electrons. The number of hydrogen-bond donors (Lipinski definition) is 2. The summed E-state index contributed by atoms with van der Waals surface area (Å²) in [5, 5.41) is 9.72. The average Bonchev–Trinajstić information content (AvgIpc) is 3.31. The molecule has 2 heterocycles. The van der Waals surface area contributed by atoms with Gasteiger partial charge in [0.25, 0.3) is 5.91 Å². The molecule has 0 unspecified atom stereocenters. The fourth-order valence-corrected chi connectivity index (χ4v) is 4.65. The Morgan fingerprint density at radius 3 is 2.77 bits per heavy atom. The van der Waals surface area contributed by atoms with E-state index in [-0.39, 0.29) is 10.8 Å². The van der Waals surface area contributed by atoms with Gasteiger partial charge in [-0.05, 0) is 56.4 Å². The molecule has 1 aromatic carbocycles. The number of carbonyl (C=O) groups is 1. The molecular weight excluding hydrogens is 352 g/mol. The normalized spacial score (nSPS) is 15.3. The van der Waals surface area contributed by atoms with Gasteiger partial charge in [0, 0.05) is 30.9 Å². The summed E-state index contributed by atoms with van der Waals surface area (Å²) >= 11 is 0. The molecule has 0 saturated carbocycles. The Hall–Kier alpha value is -2.19. The molecule has 0 aliphatic carbocycles. The number of carbonyl (C=O) groups excluding carboxylic acids is 1. The van der Waals surface area contributed by atoms with E-state index in [9.17, 15) is 13.2 Å². The number of hydrogen-bond acceptors (Lipinski definition) is 4. The van der Waals surface area contributed by atoms with Gasteiger partial charge in [0.2, 0.25) is 10.0 Å². The van der Waals surface area contributed by atoms with Crippen LogP contribution in [0.2, 0.25) is 0 Å². The summed E-state index contributed by atoms with van der Waals surface area (Å²) in [7, 11) is -3.51. The van der Waals surface area contributed by atoms with Crippen molar-refractivity contribution < 1.29 is 13.2 Å². The zero-order valence-corrected chi connectivity index (χ0v) is 15.7. The van der Waals surface area contributed by atoms with Gasteiger partial charge in [-0.1, -0.05) is 6.07 Å². The maximum Gasteiger partial charge on any atom is 0.251 e. The first kappa shape index (κ1) is 18.6. The van der Waals surface area contributed by atoms with Gasteiger partial charge in [-0.2, -0.15) is 9.40 Å². The summed E-state index contributed by atoms with van der Waals surface area (Å²) in [5.41, 5.74) is 2.54. The van der Waals surface area contributed by atoms with Crippen molar-refractivity contribution in [2.24, 2.45) is 0 Å². The Labute approximate surface area is 153 Å². The van der Waals surface area contributed by atoms with Gasteiger partial charge in [0.05, 0.1) is 11.1 Å². The molecule has 8 heteroatoms. The molecule has 1 fully saturated rings. The van der Waals surface area contributed by atoms with Crippen molar-refractivity contribution in [3.8, 4) is 0 Å². The molecule has 2 aromatic rings. The van der Waals surface area contributed by atoms with Crippen molar-refractivity contribution in [1.82, 2.24) is 19.8 Å². The van der Waals surface area contributed by atoms with E-state index in [1.807, 2.05) is 6.92 Å². The summed E-state index contributed by atoms with van der Waals surface area (Å²) in [6.45, 7) is 3.58. The highest BCUT2D eigenvalue weighted by Gasteiger charge is 2.27. The number of nitrogens with zero attached hydrogens (tertiary/aromatic N) is 2. The summed E-state index contributed by atoms with van der Waals surface area (Å²) in [4.78, 5) is 12.5. The van der Waals surface area contributed by atoms with E-state index in [4.69, 9.17) is 0 Å². The van der Waals surface area contributed by atoms with Gasteiger partial charge in [0.15, 0.2) is 0 Å². The molecule has 7 nitrogen and oxygen atoms in total. The van der Waals surface area contributed by atoms with Crippen molar-refractivity contribution in [3.63, 3.8) is 0 Å². The van der Waals surface area contributed by atoms with Crippen LogP contribution in [0.4, 0.5) is 0 Å². The number of aromatic nitrogens is 2. The lowest BCUT2D eigenvalue weighted by molar-refractivity contribution is 0.0953. The zero-order chi connectivity index (χ0) is 18.6. The van der Waals surface area contributed by atoms with Crippen molar-refractivity contribution in [2.75, 3.05) is 19.6 Å². The number of rotatable bonds is 7. The largest absolute Gasteiger partial charge is 0.352 e. The number of aromatic amines is 1. The van der Waals surface area contributed by atoms with Gasteiger partial charge in [0.1, 0.15) is 0 Å². The number of benzene rings is 1. The highest BCUT2D eigenvalue weighted by atomic mass is 32.2. The predicted octanol–water partition coefficient (Wildman–Crippen LogP) is 1.87. The molecule has 1 amide bonds. The third kappa shape index (κ3) is 4.13. The van der Waals surface area contributed by atoms with E-state index < -0.39 is 10.0 Å². The molecule has 3 rings (SSSR count). The van der Waals surface area contributed by atoms with Gasteiger partial charge < -0.3 is 5.32 Å². The standard InChI is InChI=1S/C18H24N4O3S/c1-14-16(13-20-21-14)7-5-9-19-18(23)15-6-4-8-17(12-15)26(24,25)22-10-2-3-11-22/h4,6,8,12-13H,2-3,5,7,9-11H2,1H3,(H,19,23)(H,20,21). The summed E-state index contributed by atoms with van der Waals surface area (Å²) in [6, 6.07) is 6.26. The molecule has 0 spiro atoms. The second-order valence-electron chi connectivity index (χ2n) is 6.52. The van der Waals surface area contributed by atoms with Crippen molar-refractivity contribution in [3.05, 3.63) is 47.3 Å². The molecule has 2 N–H and O–H groups in total. The zero-order valence-electron chi connectivity index (χ0n) is 14.9. The summed E-state index contributed by atoms with van der Waals surface area (Å²) < 4.78 is 26.7. The average molecular weight is 376 g/mol. The summed E-state index contributed by atoms with van der Waals surface area (Å²) in [5.74, 6) is -0.257. The molecular formula is C18H24N4O3S. The van der Waals surface area contributed by atoms with Crippen molar-refractivity contribution in [1.29, 1.82) is 0 Å². The van der Waals surface area contributed by atoms with Crippen LogP contribution in [-0.4, -0.2) is 48.5 Å². The number of aryl methyl sites for hydroxylation is 2. The Balaban J connectivity index is 1.58. The number of amides is 1. The van der Waals surface area contributed by atoms with E-state index >= 15 is 0 Å². The fraction of sp³-hybridized carbons (Fsp3) is 0.444. The van der Waals surface area contributed by atoms with Crippen LogP contribution in [-0.2, 0) is 16.4 Å². The second kappa shape index (κ2) is 8.01. The van der Waals surface area contributed by atoms with Crippen LogP contribution in [0.3, 0.4) is 0 Å². The van der Waals surface area contributed by atoms with Gasteiger partial charge in [-0.15, -0.1) is 0 Å². The molecule has 26 heavy (non-hydrogen) atoms. The van der Waals surface area contributed by atoms with E-state index in [1.54, 1.807) is 24.4 Å². The molecule has 1 aliphatic heterocycles. The quantitative estimate of drug-likeness (QED) is 0.721. The van der Waals surface area contributed by atoms with Crippen LogP contribution in [0.5, 0.6) is 0 Å². The third-order valence-electron chi connectivity index (χ3n) is 4.64. The number of nitrogens with one attached hydrogen (secondary N) is 2. The smallest absolute Gasteiger partial charge is 0.251 e. The Bertz CT molecular complexity index is 870. The van der Waals surface area contributed by atoms with Crippen LogP contribution >= 0.6 is 0 Å².